The van der Waals surface area contributed by atoms with E-state index < -0.39 is 11.6 Å². The Hall–Kier alpha value is -1.68. The molecule has 5 heteroatoms. The van der Waals surface area contributed by atoms with E-state index in [4.69, 9.17) is 16.3 Å². The molecule has 0 aliphatic heterocycles. The highest BCUT2D eigenvalue weighted by Crippen LogP contribution is 2.26. The Labute approximate surface area is 95.5 Å². The van der Waals surface area contributed by atoms with Gasteiger partial charge in [0.25, 0.3) is 0 Å². The zero-order valence-corrected chi connectivity index (χ0v) is 8.63. The third-order valence-electron chi connectivity index (χ3n) is 1.78. The van der Waals surface area contributed by atoms with Crippen molar-refractivity contribution >= 4 is 11.6 Å². The highest BCUT2D eigenvalue weighted by molar-refractivity contribution is 6.29. The van der Waals surface area contributed by atoms with Gasteiger partial charge >= 0.3 is 0 Å². The van der Waals surface area contributed by atoms with Gasteiger partial charge in [0.15, 0.2) is 11.6 Å². The first-order chi connectivity index (χ1) is 7.66. The number of rotatable bonds is 2. The number of aromatic nitrogens is 1. The Balaban J connectivity index is 2.31. The van der Waals surface area contributed by atoms with Crippen LogP contribution in [-0.4, -0.2) is 4.98 Å². The van der Waals surface area contributed by atoms with Gasteiger partial charge in [0.05, 0.1) is 6.07 Å². The van der Waals surface area contributed by atoms with E-state index in [-0.39, 0.29) is 16.7 Å². The highest BCUT2D eigenvalue weighted by Gasteiger charge is 2.09. The van der Waals surface area contributed by atoms with Crippen LogP contribution in [0.1, 0.15) is 0 Å². The van der Waals surface area contributed by atoms with Crippen LogP contribution in [0.4, 0.5) is 8.78 Å². The zero-order chi connectivity index (χ0) is 11.5. The summed E-state index contributed by atoms with van der Waals surface area (Å²) >= 11 is 5.57. The van der Waals surface area contributed by atoms with Crippen molar-refractivity contribution < 1.29 is 13.5 Å². The third-order valence-corrected chi connectivity index (χ3v) is 1.97. The summed E-state index contributed by atoms with van der Waals surface area (Å²) in [5, 5.41) is 0.0920. The summed E-state index contributed by atoms with van der Waals surface area (Å²) < 4.78 is 31.2. The molecule has 81 valence electrons. The Bertz CT molecular complexity index is 519. The zero-order valence-electron chi connectivity index (χ0n) is 7.88. The van der Waals surface area contributed by atoms with Gasteiger partial charge in [0.2, 0.25) is 5.82 Å². The second-order valence-corrected chi connectivity index (χ2v) is 3.24. The average Bonchev–Trinajstić information content (AvgIpc) is 2.25. The van der Waals surface area contributed by atoms with E-state index in [1.54, 1.807) is 0 Å². The van der Waals surface area contributed by atoms with Crippen LogP contribution in [0.3, 0.4) is 0 Å². The van der Waals surface area contributed by atoms with E-state index in [1.807, 2.05) is 0 Å². The Morgan fingerprint density at radius 1 is 1.25 bits per heavy atom. The van der Waals surface area contributed by atoms with Crippen LogP contribution in [0.5, 0.6) is 11.5 Å². The van der Waals surface area contributed by atoms with Crippen molar-refractivity contribution in [3.05, 3.63) is 53.3 Å². The van der Waals surface area contributed by atoms with Crippen LogP contribution in [0.15, 0.2) is 30.5 Å². The topological polar surface area (TPSA) is 22.1 Å². The number of ether oxygens (including phenoxy) is 1. The van der Waals surface area contributed by atoms with Gasteiger partial charge in [-0.05, 0) is 18.2 Å². The molecule has 1 aromatic heterocycles. The summed E-state index contributed by atoms with van der Waals surface area (Å²) in [6.07, 6.45) is 1.38. The lowest BCUT2D eigenvalue weighted by Crippen LogP contribution is -1.91. The average molecular weight is 241 g/mol. The van der Waals surface area contributed by atoms with Crippen molar-refractivity contribution in [2.75, 3.05) is 0 Å². The molecule has 0 atom stereocenters. The third kappa shape index (κ3) is 2.28. The van der Waals surface area contributed by atoms with Crippen molar-refractivity contribution in [2.45, 2.75) is 0 Å². The SMILES string of the molecule is Fc1cccc(Oc2[c]c(Cl)ncc2)c1F. The van der Waals surface area contributed by atoms with Crippen LogP contribution in [-0.2, 0) is 0 Å². The van der Waals surface area contributed by atoms with Crippen molar-refractivity contribution in [1.29, 1.82) is 0 Å². The lowest BCUT2D eigenvalue weighted by Gasteiger charge is -2.06. The van der Waals surface area contributed by atoms with Crippen LogP contribution in [0.25, 0.3) is 0 Å². The van der Waals surface area contributed by atoms with Gasteiger partial charge in [0.1, 0.15) is 10.9 Å². The number of benzene rings is 1. The maximum atomic E-state index is 13.2. The number of nitrogens with zero attached hydrogens (tertiary/aromatic N) is 1. The van der Waals surface area contributed by atoms with Gasteiger partial charge in [-0.15, -0.1) is 0 Å². The number of pyridine rings is 1. The van der Waals surface area contributed by atoms with Gasteiger partial charge in [-0.1, -0.05) is 17.7 Å². The minimum absolute atomic E-state index is 0.0920. The molecule has 0 aliphatic rings. The molecule has 0 amide bonds. The van der Waals surface area contributed by atoms with Gasteiger partial charge in [-0.3, -0.25) is 0 Å². The molecule has 0 saturated heterocycles. The first-order valence-electron chi connectivity index (χ1n) is 4.32. The largest absolute Gasteiger partial charge is 0.453 e. The van der Waals surface area contributed by atoms with Crippen LogP contribution in [0.2, 0.25) is 5.15 Å². The molecule has 2 rings (SSSR count). The Kier molecular flexibility index (Phi) is 3.01. The molecule has 0 aliphatic carbocycles. The van der Waals surface area contributed by atoms with Gasteiger partial charge < -0.3 is 4.74 Å². The maximum Gasteiger partial charge on any atom is 0.201 e. The van der Waals surface area contributed by atoms with Crippen molar-refractivity contribution in [2.24, 2.45) is 0 Å². The number of hydrogen-bond donors (Lipinski definition) is 0. The standard InChI is InChI=1S/C11H5ClF2NO/c12-10-6-7(4-5-15-10)16-9-3-1-2-8(13)11(9)14/h1-5H. The first-order valence-corrected chi connectivity index (χ1v) is 4.70. The fourth-order valence-corrected chi connectivity index (χ4v) is 1.24. The number of halogens is 3. The summed E-state index contributed by atoms with van der Waals surface area (Å²) in [5.41, 5.74) is 0. The molecule has 1 heterocycles. The summed E-state index contributed by atoms with van der Waals surface area (Å²) in [5.74, 6) is -2.08. The summed E-state index contributed by atoms with van der Waals surface area (Å²) in [6.45, 7) is 0. The molecule has 0 saturated carbocycles. The van der Waals surface area contributed by atoms with E-state index in [9.17, 15) is 8.78 Å². The predicted molar refractivity (Wildman–Crippen MR) is 54.5 cm³/mol. The van der Waals surface area contributed by atoms with E-state index in [2.05, 4.69) is 11.1 Å². The summed E-state index contributed by atoms with van der Waals surface area (Å²) in [4.78, 5) is 3.68. The molecule has 2 aromatic rings. The summed E-state index contributed by atoms with van der Waals surface area (Å²) in [7, 11) is 0. The second kappa shape index (κ2) is 4.45. The fraction of sp³-hybridized carbons (Fsp3) is 0. The van der Waals surface area contributed by atoms with E-state index in [0.717, 1.165) is 6.07 Å². The maximum absolute atomic E-state index is 13.2. The molecule has 0 spiro atoms. The molecule has 1 aromatic carbocycles. The van der Waals surface area contributed by atoms with Crippen molar-refractivity contribution in [3.8, 4) is 11.5 Å². The highest BCUT2D eigenvalue weighted by atomic mass is 35.5. The van der Waals surface area contributed by atoms with Gasteiger partial charge in [-0.2, -0.15) is 4.39 Å². The van der Waals surface area contributed by atoms with E-state index in [0.29, 0.717) is 0 Å². The van der Waals surface area contributed by atoms with E-state index >= 15 is 0 Å². The summed E-state index contributed by atoms with van der Waals surface area (Å²) in [6, 6.07) is 7.64. The van der Waals surface area contributed by atoms with Gasteiger partial charge in [0, 0.05) is 6.20 Å². The molecule has 16 heavy (non-hydrogen) atoms. The first kappa shape index (κ1) is 10.8. The minimum atomic E-state index is -1.05. The van der Waals surface area contributed by atoms with Gasteiger partial charge in [-0.25, -0.2) is 9.37 Å². The predicted octanol–water partition coefficient (Wildman–Crippen LogP) is 3.61. The normalized spacial score (nSPS) is 10.2. The Morgan fingerprint density at radius 2 is 2.06 bits per heavy atom. The molecule has 2 nitrogen and oxygen atoms in total. The molecular formula is C11H5ClF2NO. The van der Waals surface area contributed by atoms with Crippen molar-refractivity contribution in [3.63, 3.8) is 0 Å². The molecule has 0 fully saturated rings. The Morgan fingerprint density at radius 3 is 2.81 bits per heavy atom. The van der Waals surface area contributed by atoms with Crippen molar-refractivity contribution in [1.82, 2.24) is 4.98 Å². The quantitative estimate of drug-likeness (QED) is 0.748. The second-order valence-electron chi connectivity index (χ2n) is 2.88. The molecule has 0 unspecified atom stereocenters. The lowest BCUT2D eigenvalue weighted by molar-refractivity contribution is 0.415. The van der Waals surface area contributed by atoms with Crippen LogP contribution < -0.4 is 4.74 Å². The van der Waals surface area contributed by atoms with Crippen LogP contribution in [0, 0.1) is 17.7 Å². The van der Waals surface area contributed by atoms with E-state index in [1.165, 1.54) is 24.4 Å². The fourth-order valence-electron chi connectivity index (χ4n) is 1.09. The number of hydrogen-bond acceptors (Lipinski definition) is 2. The molecule has 0 N–H and O–H groups in total. The van der Waals surface area contributed by atoms with Crippen LogP contribution >= 0.6 is 11.6 Å². The molecule has 0 bridgehead atoms. The smallest absolute Gasteiger partial charge is 0.201 e. The minimum Gasteiger partial charge on any atom is -0.453 e. The lowest BCUT2D eigenvalue weighted by atomic mass is 10.3. The molecule has 1 radical (unpaired) electrons. The molecular weight excluding hydrogens is 236 g/mol. The monoisotopic (exact) mass is 240 g/mol.